The van der Waals surface area contributed by atoms with Gasteiger partial charge in [0.05, 0.1) is 11.0 Å². The van der Waals surface area contributed by atoms with E-state index in [1.807, 2.05) is 0 Å². The molecule has 0 saturated heterocycles. The molecule has 6 heteroatoms. The minimum absolute atomic E-state index is 0.0298. The fourth-order valence-electron chi connectivity index (χ4n) is 1.96. The quantitative estimate of drug-likeness (QED) is 0.801. The van der Waals surface area contributed by atoms with Gasteiger partial charge in [-0.2, -0.15) is 0 Å². The van der Waals surface area contributed by atoms with E-state index < -0.39 is 10.0 Å². The summed E-state index contributed by atoms with van der Waals surface area (Å²) in [6, 6.07) is 4.70. The van der Waals surface area contributed by atoms with Crippen LogP contribution in [0.3, 0.4) is 0 Å². The molecule has 18 heavy (non-hydrogen) atoms. The Bertz CT molecular complexity index is 536. The number of nitrogens with two attached hydrogens (primary N) is 1. The third-order valence-corrected chi connectivity index (χ3v) is 4.82. The van der Waals surface area contributed by atoms with Crippen LogP contribution in [-0.4, -0.2) is 27.7 Å². The fraction of sp³-hybridized carbons (Fsp3) is 0.500. The predicted molar refractivity (Wildman–Crippen MR) is 69.7 cm³/mol. The van der Waals surface area contributed by atoms with Gasteiger partial charge in [-0.15, -0.1) is 0 Å². The van der Waals surface area contributed by atoms with E-state index in [1.165, 1.54) is 6.07 Å². The van der Waals surface area contributed by atoms with E-state index >= 15 is 0 Å². The molecular formula is C12H18N2O3S. The van der Waals surface area contributed by atoms with Crippen LogP contribution in [0.15, 0.2) is 23.1 Å². The molecule has 100 valence electrons. The number of hydrogen-bond acceptors (Lipinski definition) is 4. The van der Waals surface area contributed by atoms with Crippen LogP contribution >= 0.6 is 0 Å². The molecule has 1 aromatic carbocycles. The Morgan fingerprint density at radius 1 is 1.39 bits per heavy atom. The number of benzene rings is 1. The second kappa shape index (κ2) is 4.87. The molecule has 0 spiro atoms. The number of aryl methyl sites for hydroxylation is 1. The van der Waals surface area contributed by atoms with Crippen molar-refractivity contribution in [3.8, 4) is 0 Å². The molecule has 1 aliphatic carbocycles. The summed E-state index contributed by atoms with van der Waals surface area (Å²) < 4.78 is 32.0. The maximum absolute atomic E-state index is 12.1. The summed E-state index contributed by atoms with van der Waals surface area (Å²) in [7, 11) is -1.81. The first-order chi connectivity index (χ1) is 8.42. The number of anilines is 1. The standard InChI is InChI=1S/C12H18N2O3S/c1-8-5-11(3-4-12(8)13)18(15,16)14-9-6-10(7-9)17-2/h3-5,9-10,14H,6-7,13H2,1-2H3. The number of sulfonamides is 1. The van der Waals surface area contributed by atoms with Gasteiger partial charge in [0.25, 0.3) is 0 Å². The highest BCUT2D eigenvalue weighted by molar-refractivity contribution is 7.89. The van der Waals surface area contributed by atoms with Crippen molar-refractivity contribution in [2.45, 2.75) is 36.8 Å². The van der Waals surface area contributed by atoms with Crippen LogP contribution in [0.4, 0.5) is 5.69 Å². The summed E-state index contributed by atoms with van der Waals surface area (Å²) in [4.78, 5) is 0.259. The van der Waals surface area contributed by atoms with E-state index in [-0.39, 0.29) is 17.0 Å². The zero-order valence-corrected chi connectivity index (χ0v) is 11.3. The molecule has 1 fully saturated rings. The first-order valence-electron chi connectivity index (χ1n) is 5.83. The van der Waals surface area contributed by atoms with Gasteiger partial charge in [-0.25, -0.2) is 13.1 Å². The van der Waals surface area contributed by atoms with Gasteiger partial charge in [-0.3, -0.25) is 0 Å². The summed E-state index contributed by atoms with van der Waals surface area (Å²) in [6.45, 7) is 1.79. The molecular weight excluding hydrogens is 252 g/mol. The van der Waals surface area contributed by atoms with Crippen LogP contribution in [-0.2, 0) is 14.8 Å². The van der Waals surface area contributed by atoms with Crippen LogP contribution in [0.25, 0.3) is 0 Å². The zero-order valence-electron chi connectivity index (χ0n) is 10.5. The highest BCUT2D eigenvalue weighted by atomic mass is 32.2. The van der Waals surface area contributed by atoms with E-state index in [0.717, 1.165) is 18.4 Å². The Kier molecular flexibility index (Phi) is 3.61. The molecule has 3 N–H and O–H groups in total. The molecule has 5 nitrogen and oxygen atoms in total. The third-order valence-electron chi connectivity index (χ3n) is 3.30. The lowest BCUT2D eigenvalue weighted by Gasteiger charge is -2.34. The molecule has 2 rings (SSSR count). The van der Waals surface area contributed by atoms with Crippen LogP contribution in [0.5, 0.6) is 0 Å². The lowest BCUT2D eigenvalue weighted by Crippen LogP contribution is -2.47. The molecule has 0 radical (unpaired) electrons. The van der Waals surface area contributed by atoms with E-state index in [0.29, 0.717) is 5.69 Å². The van der Waals surface area contributed by atoms with Crippen molar-refractivity contribution in [1.82, 2.24) is 4.72 Å². The van der Waals surface area contributed by atoms with Crippen LogP contribution < -0.4 is 10.5 Å². The average Bonchev–Trinajstić information content (AvgIpc) is 2.26. The molecule has 0 aromatic heterocycles. The molecule has 0 bridgehead atoms. The van der Waals surface area contributed by atoms with Gasteiger partial charge in [-0.05, 0) is 43.5 Å². The van der Waals surface area contributed by atoms with Crippen molar-refractivity contribution in [2.24, 2.45) is 0 Å². The summed E-state index contributed by atoms with van der Waals surface area (Å²) in [5, 5.41) is 0. The third kappa shape index (κ3) is 2.66. The highest BCUT2D eigenvalue weighted by Gasteiger charge is 2.32. The lowest BCUT2D eigenvalue weighted by molar-refractivity contribution is 0.0236. The number of rotatable bonds is 4. The van der Waals surface area contributed by atoms with Crippen LogP contribution in [0.1, 0.15) is 18.4 Å². The van der Waals surface area contributed by atoms with Crippen molar-refractivity contribution < 1.29 is 13.2 Å². The van der Waals surface area contributed by atoms with E-state index in [9.17, 15) is 8.42 Å². The van der Waals surface area contributed by atoms with Crippen molar-refractivity contribution in [2.75, 3.05) is 12.8 Å². The second-order valence-electron chi connectivity index (χ2n) is 4.67. The molecule has 1 saturated carbocycles. The molecule has 0 unspecified atom stereocenters. The smallest absolute Gasteiger partial charge is 0.240 e. The van der Waals surface area contributed by atoms with E-state index in [2.05, 4.69) is 4.72 Å². The van der Waals surface area contributed by atoms with Crippen molar-refractivity contribution >= 4 is 15.7 Å². The first-order valence-corrected chi connectivity index (χ1v) is 7.32. The van der Waals surface area contributed by atoms with Gasteiger partial charge in [0, 0.05) is 18.8 Å². The molecule has 1 aliphatic rings. The van der Waals surface area contributed by atoms with Gasteiger partial charge in [-0.1, -0.05) is 0 Å². The van der Waals surface area contributed by atoms with Crippen molar-refractivity contribution in [3.05, 3.63) is 23.8 Å². The lowest BCUT2D eigenvalue weighted by atomic mass is 9.90. The minimum atomic E-state index is -3.45. The van der Waals surface area contributed by atoms with Crippen molar-refractivity contribution in [3.63, 3.8) is 0 Å². The Morgan fingerprint density at radius 2 is 2.06 bits per heavy atom. The van der Waals surface area contributed by atoms with Gasteiger partial charge in [0.1, 0.15) is 0 Å². The largest absolute Gasteiger partial charge is 0.399 e. The van der Waals surface area contributed by atoms with Crippen LogP contribution in [0.2, 0.25) is 0 Å². The fourth-order valence-corrected chi connectivity index (χ4v) is 3.30. The Labute approximate surface area is 107 Å². The summed E-state index contributed by atoms with van der Waals surface area (Å²) >= 11 is 0. The second-order valence-corrected chi connectivity index (χ2v) is 6.38. The topological polar surface area (TPSA) is 81.4 Å². The van der Waals surface area contributed by atoms with Gasteiger partial charge in [0.15, 0.2) is 0 Å². The first kappa shape index (κ1) is 13.3. The van der Waals surface area contributed by atoms with Gasteiger partial charge in [0.2, 0.25) is 10.0 Å². The summed E-state index contributed by atoms with van der Waals surface area (Å²) in [5.41, 5.74) is 7.03. The number of ether oxygens (including phenoxy) is 1. The predicted octanol–water partition coefficient (Wildman–Crippen LogP) is 1.03. The Balaban J connectivity index is 2.09. The number of nitrogen functional groups attached to an aromatic ring is 1. The maximum atomic E-state index is 12.1. The molecule has 1 aromatic rings. The van der Waals surface area contributed by atoms with E-state index in [4.69, 9.17) is 10.5 Å². The SMILES string of the molecule is COC1CC(NS(=O)(=O)c2ccc(N)c(C)c2)C1. The number of nitrogens with one attached hydrogen (secondary N) is 1. The average molecular weight is 270 g/mol. The summed E-state index contributed by atoms with van der Waals surface area (Å²) in [6.07, 6.45) is 1.62. The highest BCUT2D eigenvalue weighted by Crippen LogP contribution is 2.25. The van der Waals surface area contributed by atoms with E-state index in [1.54, 1.807) is 26.2 Å². The number of hydrogen-bond donors (Lipinski definition) is 2. The maximum Gasteiger partial charge on any atom is 0.240 e. The molecule has 0 heterocycles. The number of methoxy groups -OCH3 is 1. The molecule has 0 amide bonds. The monoisotopic (exact) mass is 270 g/mol. The van der Waals surface area contributed by atoms with Gasteiger partial charge < -0.3 is 10.5 Å². The molecule has 0 atom stereocenters. The van der Waals surface area contributed by atoms with Crippen molar-refractivity contribution in [1.29, 1.82) is 0 Å². The normalized spacial score (nSPS) is 23.7. The molecule has 0 aliphatic heterocycles. The summed E-state index contributed by atoms with van der Waals surface area (Å²) in [5.74, 6) is 0. The van der Waals surface area contributed by atoms with Crippen LogP contribution in [0, 0.1) is 6.92 Å². The minimum Gasteiger partial charge on any atom is -0.399 e. The Morgan fingerprint density at radius 3 is 2.61 bits per heavy atom. The van der Waals surface area contributed by atoms with Gasteiger partial charge >= 0.3 is 0 Å². The zero-order chi connectivity index (χ0) is 13.3. The Hall–Kier alpha value is -1.11.